The average Bonchev–Trinajstić information content (AvgIpc) is 3.50. The molecule has 13 heteroatoms. The Morgan fingerprint density at radius 2 is 1.58 bits per heavy atom. The molecule has 1 amide bonds. The van der Waals surface area contributed by atoms with E-state index in [1.54, 1.807) is 0 Å². The highest BCUT2D eigenvalue weighted by Crippen LogP contribution is 2.50. The van der Waals surface area contributed by atoms with Crippen LogP contribution in [0.5, 0.6) is 0 Å². The second-order valence-electron chi connectivity index (χ2n) is 7.77. The minimum absolute atomic E-state index is 0.0676. The summed E-state index contributed by atoms with van der Waals surface area (Å²) in [5, 5.41) is 11.7. The minimum atomic E-state index is -6.00. The molecule has 2 aromatic rings. The zero-order valence-corrected chi connectivity index (χ0v) is 17.7. The lowest BCUT2D eigenvalue weighted by Crippen LogP contribution is -2.53. The van der Waals surface area contributed by atoms with Crippen molar-refractivity contribution in [3.8, 4) is 0 Å². The van der Waals surface area contributed by atoms with Crippen molar-refractivity contribution in [1.29, 1.82) is 0 Å². The SMILES string of the molecule is C=S(=O)(CC1CC1)c1cnc(CC(=O)Nc2ccc(C(O)(C(F)(F)F)C(F)(F)F)cc2)nc1. The predicted octanol–water partition coefficient (Wildman–Crippen LogP) is 3.46. The van der Waals surface area contributed by atoms with E-state index in [2.05, 4.69) is 21.2 Å². The number of alkyl halides is 6. The molecule has 1 atom stereocenters. The Balaban J connectivity index is 1.66. The summed E-state index contributed by atoms with van der Waals surface area (Å²) in [5.74, 6) is 3.91. The fourth-order valence-electron chi connectivity index (χ4n) is 3.02. The molecule has 1 heterocycles. The third-order valence-electron chi connectivity index (χ3n) is 5.04. The molecule has 180 valence electrons. The number of carbonyl (C=O) groups excluding carboxylic acids is 1. The second kappa shape index (κ2) is 8.60. The van der Waals surface area contributed by atoms with Crippen molar-refractivity contribution in [2.75, 3.05) is 11.1 Å². The van der Waals surface area contributed by atoms with Crippen LogP contribution in [0.1, 0.15) is 24.2 Å². The Kier molecular flexibility index (Phi) is 6.50. The number of rotatable bonds is 7. The minimum Gasteiger partial charge on any atom is -0.369 e. The molecule has 2 N–H and O–H groups in total. The molecule has 1 aliphatic rings. The fourth-order valence-corrected chi connectivity index (χ4v) is 4.80. The van der Waals surface area contributed by atoms with Gasteiger partial charge in [-0.1, -0.05) is 12.1 Å². The fraction of sp³-hybridized carbons (Fsp3) is 0.400. The number of anilines is 1. The molecule has 1 aromatic heterocycles. The van der Waals surface area contributed by atoms with Crippen molar-refractivity contribution in [2.45, 2.75) is 42.1 Å². The Hall–Kier alpha value is -2.67. The molecular formula is C20H19F6N3O3S. The monoisotopic (exact) mass is 495 g/mol. The van der Waals surface area contributed by atoms with Gasteiger partial charge in [0.05, 0.1) is 11.3 Å². The molecule has 0 spiro atoms. The highest BCUT2D eigenvalue weighted by atomic mass is 32.2. The lowest BCUT2D eigenvalue weighted by atomic mass is 9.92. The van der Waals surface area contributed by atoms with Gasteiger partial charge < -0.3 is 10.4 Å². The van der Waals surface area contributed by atoms with E-state index in [0.717, 1.165) is 25.0 Å². The zero-order valence-electron chi connectivity index (χ0n) is 16.9. The summed E-state index contributed by atoms with van der Waals surface area (Å²) in [6, 6.07) is 2.45. The van der Waals surface area contributed by atoms with Gasteiger partial charge in [0.1, 0.15) is 5.82 Å². The van der Waals surface area contributed by atoms with Crippen LogP contribution in [0.3, 0.4) is 0 Å². The van der Waals surface area contributed by atoms with Crippen molar-refractivity contribution in [1.82, 2.24) is 9.97 Å². The quantitative estimate of drug-likeness (QED) is 0.454. The summed E-state index contributed by atoms with van der Waals surface area (Å²) in [4.78, 5) is 20.5. The first-order valence-electron chi connectivity index (χ1n) is 9.55. The van der Waals surface area contributed by atoms with E-state index in [9.17, 15) is 40.5 Å². The number of aromatic nitrogens is 2. The summed E-state index contributed by atoms with van der Waals surface area (Å²) in [7, 11) is -2.53. The van der Waals surface area contributed by atoms with Crippen LogP contribution in [0, 0.1) is 5.92 Å². The van der Waals surface area contributed by atoms with E-state index >= 15 is 0 Å². The Morgan fingerprint density at radius 1 is 1.06 bits per heavy atom. The number of benzene rings is 1. The van der Waals surface area contributed by atoms with Gasteiger partial charge in [-0.15, -0.1) is 0 Å². The lowest BCUT2D eigenvalue weighted by molar-refractivity contribution is -0.376. The van der Waals surface area contributed by atoms with Gasteiger partial charge >= 0.3 is 12.4 Å². The third-order valence-corrected chi connectivity index (χ3v) is 7.12. The molecular weight excluding hydrogens is 476 g/mol. The maximum atomic E-state index is 12.9. The van der Waals surface area contributed by atoms with Gasteiger partial charge in [-0.2, -0.15) is 26.3 Å². The normalized spacial score (nSPS) is 16.8. The van der Waals surface area contributed by atoms with E-state index in [0.29, 0.717) is 28.7 Å². The maximum Gasteiger partial charge on any atom is 0.430 e. The summed E-state index contributed by atoms with van der Waals surface area (Å²) >= 11 is 0. The van der Waals surface area contributed by atoms with Gasteiger partial charge in [-0.3, -0.25) is 9.00 Å². The molecule has 33 heavy (non-hydrogen) atoms. The first-order chi connectivity index (χ1) is 15.1. The van der Waals surface area contributed by atoms with Crippen molar-refractivity contribution >= 4 is 27.0 Å². The Bertz CT molecular complexity index is 1100. The smallest absolute Gasteiger partial charge is 0.369 e. The van der Waals surface area contributed by atoms with Crippen molar-refractivity contribution in [3.63, 3.8) is 0 Å². The molecule has 1 aromatic carbocycles. The van der Waals surface area contributed by atoms with Crippen molar-refractivity contribution < 1.29 is 40.5 Å². The number of aliphatic hydroxyl groups is 1. The predicted molar refractivity (Wildman–Crippen MR) is 108 cm³/mol. The molecule has 1 fully saturated rings. The Labute approximate surface area is 185 Å². The number of nitrogens with zero attached hydrogens (tertiary/aromatic N) is 2. The highest BCUT2D eigenvalue weighted by Gasteiger charge is 2.71. The van der Waals surface area contributed by atoms with Crippen LogP contribution in [0.25, 0.3) is 0 Å². The van der Waals surface area contributed by atoms with Gasteiger partial charge in [-0.25, -0.2) is 9.97 Å². The average molecular weight is 495 g/mol. The van der Waals surface area contributed by atoms with Gasteiger partial charge in [0.25, 0.3) is 5.60 Å². The maximum absolute atomic E-state index is 12.9. The number of carbonyl (C=O) groups is 1. The molecule has 1 unspecified atom stereocenters. The molecule has 0 saturated heterocycles. The molecule has 0 bridgehead atoms. The first kappa shape index (κ1) is 25.0. The topological polar surface area (TPSA) is 92.2 Å². The number of amides is 1. The van der Waals surface area contributed by atoms with Gasteiger partial charge in [0.15, 0.2) is 0 Å². The molecule has 1 aliphatic carbocycles. The van der Waals surface area contributed by atoms with Crippen LogP contribution in [-0.2, 0) is 26.3 Å². The van der Waals surface area contributed by atoms with Crippen LogP contribution in [0.15, 0.2) is 41.6 Å². The number of nitrogens with one attached hydrogen (secondary N) is 1. The van der Waals surface area contributed by atoms with E-state index in [-0.39, 0.29) is 17.9 Å². The molecule has 1 saturated carbocycles. The largest absolute Gasteiger partial charge is 0.430 e. The number of hydrogen-bond acceptors (Lipinski definition) is 5. The second-order valence-corrected chi connectivity index (χ2v) is 10.2. The van der Waals surface area contributed by atoms with Gasteiger partial charge in [-0.05, 0) is 46.3 Å². The van der Waals surface area contributed by atoms with Crippen molar-refractivity contribution in [2.24, 2.45) is 5.92 Å². The van der Waals surface area contributed by atoms with Gasteiger partial charge in [0.2, 0.25) is 5.91 Å². The lowest BCUT2D eigenvalue weighted by Gasteiger charge is -2.32. The molecule has 3 rings (SSSR count). The third kappa shape index (κ3) is 5.46. The summed E-state index contributed by atoms with van der Waals surface area (Å²) in [5.41, 5.74) is -6.59. The zero-order chi connectivity index (χ0) is 24.7. The molecule has 0 radical (unpaired) electrons. The van der Waals surface area contributed by atoms with E-state index in [1.807, 2.05) is 0 Å². The summed E-state index contributed by atoms with van der Waals surface area (Å²) in [6.07, 6.45) is -7.73. The van der Waals surface area contributed by atoms with E-state index in [1.165, 1.54) is 12.4 Å². The number of hydrogen-bond donors (Lipinski definition) is 2. The Morgan fingerprint density at radius 3 is 2.03 bits per heavy atom. The van der Waals surface area contributed by atoms with Crippen LogP contribution in [0.2, 0.25) is 0 Å². The summed E-state index contributed by atoms with van der Waals surface area (Å²) < 4.78 is 90.2. The number of halogens is 6. The molecule has 0 aliphatic heterocycles. The summed E-state index contributed by atoms with van der Waals surface area (Å²) in [6.45, 7) is 0. The standard InChI is InChI=1S/C20H19F6N3O3S/c1-33(32,11-12-2-3-12)15-9-27-16(28-10-15)8-17(30)29-14-6-4-13(5-7-14)18(31,19(21,22)23)20(24,25)26/h4-7,9-10,12,31H,1-3,8,11H2,(H,29,30). The van der Waals surface area contributed by atoms with Crippen LogP contribution < -0.4 is 5.32 Å². The van der Waals surface area contributed by atoms with Crippen molar-refractivity contribution in [3.05, 3.63) is 48.0 Å². The van der Waals surface area contributed by atoms with Crippen LogP contribution >= 0.6 is 0 Å². The van der Waals surface area contributed by atoms with E-state index in [4.69, 9.17) is 0 Å². The van der Waals surface area contributed by atoms with Gasteiger partial charge in [0, 0.05) is 29.4 Å². The van der Waals surface area contributed by atoms with Crippen LogP contribution in [0.4, 0.5) is 32.0 Å². The van der Waals surface area contributed by atoms with Crippen LogP contribution in [-0.4, -0.2) is 49.2 Å². The first-order valence-corrected chi connectivity index (χ1v) is 11.5. The molecule has 6 nitrogen and oxygen atoms in total. The van der Waals surface area contributed by atoms with E-state index < -0.39 is 38.9 Å². The highest BCUT2D eigenvalue weighted by molar-refractivity contribution is 8.00.